The van der Waals surface area contributed by atoms with Crippen LogP contribution in [0.5, 0.6) is 5.75 Å². The lowest BCUT2D eigenvalue weighted by Gasteiger charge is -2.24. The molecule has 0 radical (unpaired) electrons. The van der Waals surface area contributed by atoms with E-state index < -0.39 is 6.10 Å². The molecule has 0 aliphatic carbocycles. The van der Waals surface area contributed by atoms with Crippen LogP contribution >= 0.6 is 0 Å². The lowest BCUT2D eigenvalue weighted by atomic mass is 10.2. The highest BCUT2D eigenvalue weighted by Gasteiger charge is 2.14. The van der Waals surface area contributed by atoms with Gasteiger partial charge in [-0.2, -0.15) is 5.26 Å². The normalized spacial score (nSPS) is 11.3. The molecule has 1 amide bonds. The van der Waals surface area contributed by atoms with Crippen LogP contribution in [0.25, 0.3) is 0 Å². The monoisotopic (exact) mass is 351 g/mol. The van der Waals surface area contributed by atoms with Crippen molar-refractivity contribution in [2.75, 3.05) is 24.5 Å². The van der Waals surface area contributed by atoms with E-state index in [2.05, 4.69) is 48.3 Å². The zero-order chi connectivity index (χ0) is 18.9. The van der Waals surface area contributed by atoms with Crippen LogP contribution in [0, 0.1) is 18.3 Å². The molecule has 26 heavy (non-hydrogen) atoms. The minimum atomic E-state index is -0.600. The average molecular weight is 351 g/mol. The molecule has 5 nitrogen and oxygen atoms in total. The number of hydrogen-bond acceptors (Lipinski definition) is 4. The second kappa shape index (κ2) is 9.47. The standard InChI is InChI=1S/C21H25N3O2/c1-4-24(19-7-5-6-16(2)14-19)13-12-23-21(25)17(3)26-20-10-8-18(15-22)9-11-20/h5-11,14,17H,4,12-13H2,1-3H3,(H,23,25). The maximum absolute atomic E-state index is 12.2. The van der Waals surface area contributed by atoms with Crippen molar-refractivity contribution in [3.63, 3.8) is 0 Å². The minimum absolute atomic E-state index is 0.158. The Hall–Kier alpha value is -3.00. The van der Waals surface area contributed by atoms with Crippen molar-refractivity contribution >= 4 is 11.6 Å². The first kappa shape index (κ1) is 19.3. The number of carbonyl (C=O) groups is 1. The van der Waals surface area contributed by atoms with E-state index in [1.807, 2.05) is 6.07 Å². The van der Waals surface area contributed by atoms with Gasteiger partial charge in [-0.1, -0.05) is 12.1 Å². The van der Waals surface area contributed by atoms with Gasteiger partial charge in [-0.15, -0.1) is 0 Å². The molecule has 0 saturated carbocycles. The summed E-state index contributed by atoms with van der Waals surface area (Å²) in [7, 11) is 0. The Labute approximate surface area is 155 Å². The Kier molecular flexibility index (Phi) is 7.04. The average Bonchev–Trinajstić information content (AvgIpc) is 2.65. The first-order chi connectivity index (χ1) is 12.5. The van der Waals surface area contributed by atoms with E-state index in [4.69, 9.17) is 10.00 Å². The van der Waals surface area contributed by atoms with Gasteiger partial charge in [-0.05, 0) is 62.7 Å². The Morgan fingerprint density at radius 1 is 1.27 bits per heavy atom. The third kappa shape index (κ3) is 5.52. The predicted octanol–water partition coefficient (Wildman–Crippen LogP) is 3.28. The van der Waals surface area contributed by atoms with Crippen LogP contribution in [0.3, 0.4) is 0 Å². The molecule has 2 rings (SSSR count). The number of benzene rings is 2. The van der Waals surface area contributed by atoms with E-state index in [0.717, 1.165) is 18.8 Å². The topological polar surface area (TPSA) is 65.4 Å². The maximum Gasteiger partial charge on any atom is 0.260 e. The summed E-state index contributed by atoms with van der Waals surface area (Å²) in [5, 5.41) is 11.7. The van der Waals surface area contributed by atoms with E-state index in [1.54, 1.807) is 31.2 Å². The van der Waals surface area contributed by atoms with Gasteiger partial charge in [0.1, 0.15) is 5.75 Å². The molecule has 5 heteroatoms. The van der Waals surface area contributed by atoms with Crippen molar-refractivity contribution in [1.29, 1.82) is 5.26 Å². The van der Waals surface area contributed by atoms with E-state index in [0.29, 0.717) is 17.9 Å². The summed E-state index contributed by atoms with van der Waals surface area (Å²) in [4.78, 5) is 14.4. The number of nitrogens with zero attached hydrogens (tertiary/aromatic N) is 2. The second-order valence-electron chi connectivity index (χ2n) is 6.11. The molecule has 136 valence electrons. The van der Waals surface area contributed by atoms with Crippen molar-refractivity contribution < 1.29 is 9.53 Å². The molecule has 0 aliphatic heterocycles. The molecule has 1 N–H and O–H groups in total. The van der Waals surface area contributed by atoms with Gasteiger partial charge in [-0.3, -0.25) is 4.79 Å². The summed E-state index contributed by atoms with van der Waals surface area (Å²) >= 11 is 0. The number of likely N-dealkylation sites (N-methyl/N-ethyl adjacent to an activating group) is 1. The largest absolute Gasteiger partial charge is 0.481 e. The Morgan fingerprint density at radius 3 is 2.62 bits per heavy atom. The molecule has 0 saturated heterocycles. The van der Waals surface area contributed by atoms with Crippen LogP contribution in [0.1, 0.15) is 25.0 Å². The number of carbonyl (C=O) groups excluding carboxylic acids is 1. The van der Waals surface area contributed by atoms with E-state index in [9.17, 15) is 4.79 Å². The van der Waals surface area contributed by atoms with Crippen molar-refractivity contribution in [3.05, 3.63) is 59.7 Å². The van der Waals surface area contributed by atoms with Crippen LogP contribution in [-0.2, 0) is 4.79 Å². The fraction of sp³-hybridized carbons (Fsp3) is 0.333. The third-order valence-electron chi connectivity index (χ3n) is 4.09. The quantitative estimate of drug-likeness (QED) is 0.793. The number of nitriles is 1. The van der Waals surface area contributed by atoms with Crippen molar-refractivity contribution in [2.24, 2.45) is 0 Å². The molecular weight excluding hydrogens is 326 g/mol. The zero-order valence-corrected chi connectivity index (χ0v) is 15.5. The van der Waals surface area contributed by atoms with Gasteiger partial charge in [0.2, 0.25) is 0 Å². The summed E-state index contributed by atoms with van der Waals surface area (Å²) in [5.74, 6) is 0.413. The summed E-state index contributed by atoms with van der Waals surface area (Å²) in [6, 6.07) is 17.1. The molecule has 0 spiro atoms. The highest BCUT2D eigenvalue weighted by atomic mass is 16.5. The molecule has 2 aromatic carbocycles. The Morgan fingerprint density at radius 2 is 2.00 bits per heavy atom. The minimum Gasteiger partial charge on any atom is -0.481 e. The summed E-state index contributed by atoms with van der Waals surface area (Å²) in [5.41, 5.74) is 2.93. The van der Waals surface area contributed by atoms with Gasteiger partial charge in [0.25, 0.3) is 5.91 Å². The number of amides is 1. The fourth-order valence-corrected chi connectivity index (χ4v) is 2.62. The van der Waals surface area contributed by atoms with Gasteiger partial charge in [0.05, 0.1) is 11.6 Å². The van der Waals surface area contributed by atoms with Crippen LogP contribution in [0.15, 0.2) is 48.5 Å². The SMILES string of the molecule is CCN(CCNC(=O)C(C)Oc1ccc(C#N)cc1)c1cccc(C)c1. The number of hydrogen-bond donors (Lipinski definition) is 1. The van der Waals surface area contributed by atoms with Crippen LogP contribution in [0.2, 0.25) is 0 Å². The number of rotatable bonds is 8. The number of anilines is 1. The van der Waals surface area contributed by atoms with Crippen molar-refractivity contribution in [3.8, 4) is 11.8 Å². The molecular formula is C21H25N3O2. The molecule has 0 bridgehead atoms. The van der Waals surface area contributed by atoms with E-state index in [-0.39, 0.29) is 5.91 Å². The first-order valence-corrected chi connectivity index (χ1v) is 8.79. The molecule has 0 heterocycles. The highest BCUT2D eigenvalue weighted by molar-refractivity contribution is 5.80. The Balaban J connectivity index is 1.82. The van der Waals surface area contributed by atoms with Gasteiger partial charge >= 0.3 is 0 Å². The smallest absolute Gasteiger partial charge is 0.260 e. The summed E-state index contributed by atoms with van der Waals surface area (Å²) in [6.45, 7) is 8.03. The van der Waals surface area contributed by atoms with E-state index in [1.165, 1.54) is 5.56 Å². The van der Waals surface area contributed by atoms with Gasteiger partial charge in [0, 0.05) is 25.3 Å². The summed E-state index contributed by atoms with van der Waals surface area (Å²) in [6.07, 6.45) is -0.600. The number of ether oxygens (including phenoxy) is 1. The zero-order valence-electron chi connectivity index (χ0n) is 15.5. The molecule has 2 aromatic rings. The second-order valence-corrected chi connectivity index (χ2v) is 6.11. The van der Waals surface area contributed by atoms with Crippen LogP contribution in [0.4, 0.5) is 5.69 Å². The Bertz CT molecular complexity index is 766. The molecule has 1 unspecified atom stereocenters. The highest BCUT2D eigenvalue weighted by Crippen LogP contribution is 2.15. The first-order valence-electron chi connectivity index (χ1n) is 8.79. The number of aryl methyl sites for hydroxylation is 1. The summed E-state index contributed by atoms with van der Waals surface area (Å²) < 4.78 is 5.62. The van der Waals surface area contributed by atoms with Crippen molar-refractivity contribution in [1.82, 2.24) is 5.32 Å². The number of nitrogens with one attached hydrogen (secondary N) is 1. The lowest BCUT2D eigenvalue weighted by Crippen LogP contribution is -2.40. The molecule has 1 atom stereocenters. The third-order valence-corrected chi connectivity index (χ3v) is 4.09. The van der Waals surface area contributed by atoms with Gasteiger partial charge in [0.15, 0.2) is 6.10 Å². The van der Waals surface area contributed by atoms with Gasteiger partial charge < -0.3 is 15.0 Å². The molecule has 0 aliphatic rings. The lowest BCUT2D eigenvalue weighted by molar-refractivity contribution is -0.127. The fourth-order valence-electron chi connectivity index (χ4n) is 2.62. The molecule has 0 aromatic heterocycles. The predicted molar refractivity (Wildman–Crippen MR) is 103 cm³/mol. The van der Waals surface area contributed by atoms with Crippen LogP contribution in [-0.4, -0.2) is 31.6 Å². The maximum atomic E-state index is 12.2. The van der Waals surface area contributed by atoms with Crippen LogP contribution < -0.4 is 15.0 Å². The molecule has 0 fully saturated rings. The van der Waals surface area contributed by atoms with Gasteiger partial charge in [-0.25, -0.2) is 0 Å². The van der Waals surface area contributed by atoms with E-state index >= 15 is 0 Å². The van der Waals surface area contributed by atoms with Crippen molar-refractivity contribution in [2.45, 2.75) is 26.9 Å².